The van der Waals surface area contributed by atoms with E-state index in [-0.39, 0.29) is 17.2 Å². The van der Waals surface area contributed by atoms with Crippen LogP contribution in [0.4, 0.5) is 5.13 Å². The SMILES string of the molecule is CCn1c(CCC(=O)Nc2nc(C)cs2)nc2cc(S(=O)(=O)N3CCOCC3)ccc21. The Balaban J connectivity index is 1.53. The fourth-order valence-corrected chi connectivity index (χ4v) is 5.75. The molecule has 0 unspecified atom stereocenters. The molecule has 1 amide bonds. The molecule has 1 N–H and O–H groups in total. The molecule has 2 aromatic heterocycles. The average molecular weight is 464 g/mol. The van der Waals surface area contributed by atoms with Crippen molar-refractivity contribution in [3.05, 3.63) is 35.1 Å². The Morgan fingerprint density at radius 2 is 2.03 bits per heavy atom. The first-order chi connectivity index (χ1) is 14.9. The standard InChI is InChI=1S/C20H25N5O4S2/c1-3-25-17-5-4-15(31(27,28)24-8-10-29-11-9-24)12-16(17)22-18(25)6-7-19(26)23-20-21-14(2)13-30-20/h4-5,12-13H,3,6-11H2,1-2H3,(H,21,23,26). The van der Waals surface area contributed by atoms with Gasteiger partial charge in [0, 0.05) is 37.9 Å². The molecular weight excluding hydrogens is 438 g/mol. The minimum atomic E-state index is -3.59. The molecule has 1 saturated heterocycles. The van der Waals surface area contributed by atoms with E-state index in [0.29, 0.717) is 49.9 Å². The third kappa shape index (κ3) is 4.64. The van der Waals surface area contributed by atoms with Gasteiger partial charge < -0.3 is 14.6 Å². The molecule has 0 saturated carbocycles. The second-order valence-corrected chi connectivity index (χ2v) is 10.1. The normalized spacial score (nSPS) is 15.4. The number of fused-ring (bicyclic) bond motifs is 1. The lowest BCUT2D eigenvalue weighted by Crippen LogP contribution is -2.40. The van der Waals surface area contributed by atoms with E-state index in [1.165, 1.54) is 15.6 Å². The van der Waals surface area contributed by atoms with Crippen LogP contribution in [0.1, 0.15) is 24.9 Å². The van der Waals surface area contributed by atoms with Crippen LogP contribution in [0.5, 0.6) is 0 Å². The molecular formula is C20H25N5O4S2. The van der Waals surface area contributed by atoms with Gasteiger partial charge in [-0.2, -0.15) is 4.31 Å². The van der Waals surface area contributed by atoms with Gasteiger partial charge in [0.05, 0.1) is 34.8 Å². The number of imidazole rings is 1. The van der Waals surface area contributed by atoms with Crippen molar-refractivity contribution < 1.29 is 17.9 Å². The quantitative estimate of drug-likeness (QED) is 0.577. The maximum absolute atomic E-state index is 13.0. The first-order valence-electron chi connectivity index (χ1n) is 10.2. The Hall–Kier alpha value is -2.34. The van der Waals surface area contributed by atoms with Crippen LogP contribution >= 0.6 is 11.3 Å². The highest BCUT2D eigenvalue weighted by molar-refractivity contribution is 7.89. The highest BCUT2D eigenvalue weighted by atomic mass is 32.2. The zero-order valence-corrected chi connectivity index (χ0v) is 19.1. The van der Waals surface area contributed by atoms with E-state index in [9.17, 15) is 13.2 Å². The second kappa shape index (κ2) is 9.03. The van der Waals surface area contributed by atoms with Crippen molar-refractivity contribution in [3.8, 4) is 0 Å². The molecule has 166 valence electrons. The van der Waals surface area contributed by atoms with Crippen molar-refractivity contribution in [2.75, 3.05) is 31.6 Å². The summed E-state index contributed by atoms with van der Waals surface area (Å²) < 4.78 is 34.6. The number of morpholine rings is 1. The van der Waals surface area contributed by atoms with Crippen LogP contribution in [-0.4, -0.2) is 59.5 Å². The molecule has 4 rings (SSSR count). The minimum Gasteiger partial charge on any atom is -0.379 e. The summed E-state index contributed by atoms with van der Waals surface area (Å²) >= 11 is 1.39. The predicted molar refractivity (Wildman–Crippen MR) is 119 cm³/mol. The Labute approximate surface area is 185 Å². The van der Waals surface area contributed by atoms with Crippen molar-refractivity contribution in [1.82, 2.24) is 18.8 Å². The molecule has 0 atom stereocenters. The van der Waals surface area contributed by atoms with Crippen LogP contribution in [0, 0.1) is 6.92 Å². The summed E-state index contributed by atoms with van der Waals surface area (Å²) in [6, 6.07) is 5.04. The first-order valence-corrected chi connectivity index (χ1v) is 12.5. The number of hydrogen-bond donors (Lipinski definition) is 1. The van der Waals surface area contributed by atoms with Crippen molar-refractivity contribution in [2.24, 2.45) is 0 Å². The van der Waals surface area contributed by atoms with Gasteiger partial charge in [-0.25, -0.2) is 18.4 Å². The van der Waals surface area contributed by atoms with E-state index in [2.05, 4.69) is 15.3 Å². The Morgan fingerprint density at radius 3 is 2.71 bits per heavy atom. The number of benzene rings is 1. The van der Waals surface area contributed by atoms with Crippen molar-refractivity contribution >= 4 is 43.4 Å². The number of amides is 1. The lowest BCUT2D eigenvalue weighted by atomic mass is 10.3. The van der Waals surface area contributed by atoms with E-state index >= 15 is 0 Å². The van der Waals surface area contributed by atoms with Crippen LogP contribution < -0.4 is 5.32 Å². The zero-order chi connectivity index (χ0) is 22.0. The second-order valence-electron chi connectivity index (χ2n) is 7.28. The fraction of sp³-hybridized carbons (Fsp3) is 0.450. The number of anilines is 1. The zero-order valence-electron chi connectivity index (χ0n) is 17.5. The Bertz CT molecular complexity index is 1200. The highest BCUT2D eigenvalue weighted by Gasteiger charge is 2.27. The molecule has 3 heterocycles. The van der Waals surface area contributed by atoms with Gasteiger partial charge in [-0.1, -0.05) is 0 Å². The Kier molecular flexibility index (Phi) is 6.37. The number of sulfonamides is 1. The molecule has 0 spiro atoms. The molecule has 1 aliphatic heterocycles. The topological polar surface area (TPSA) is 106 Å². The number of aryl methyl sites for hydroxylation is 3. The molecule has 31 heavy (non-hydrogen) atoms. The highest BCUT2D eigenvalue weighted by Crippen LogP contribution is 2.24. The number of hydrogen-bond acceptors (Lipinski definition) is 7. The summed E-state index contributed by atoms with van der Waals surface area (Å²) in [5, 5.41) is 5.28. The first kappa shape index (κ1) is 21.9. The monoisotopic (exact) mass is 463 g/mol. The van der Waals surface area contributed by atoms with Gasteiger partial charge in [-0.15, -0.1) is 11.3 Å². The lowest BCUT2D eigenvalue weighted by molar-refractivity contribution is -0.116. The molecule has 0 bridgehead atoms. The van der Waals surface area contributed by atoms with Crippen LogP contribution in [0.15, 0.2) is 28.5 Å². The summed E-state index contributed by atoms with van der Waals surface area (Å²) in [5.74, 6) is 0.628. The summed E-state index contributed by atoms with van der Waals surface area (Å²) in [7, 11) is -3.59. The molecule has 11 heteroatoms. The number of nitrogens with zero attached hydrogens (tertiary/aromatic N) is 4. The van der Waals surface area contributed by atoms with Crippen LogP contribution in [0.2, 0.25) is 0 Å². The van der Waals surface area contributed by atoms with Gasteiger partial charge in [0.1, 0.15) is 5.82 Å². The molecule has 3 aromatic rings. The molecule has 1 fully saturated rings. The largest absolute Gasteiger partial charge is 0.379 e. The number of nitrogens with one attached hydrogen (secondary N) is 1. The van der Waals surface area contributed by atoms with Gasteiger partial charge in [0.2, 0.25) is 15.9 Å². The van der Waals surface area contributed by atoms with Gasteiger partial charge in [-0.05, 0) is 32.0 Å². The molecule has 0 radical (unpaired) electrons. The van der Waals surface area contributed by atoms with Crippen molar-refractivity contribution in [3.63, 3.8) is 0 Å². The van der Waals surface area contributed by atoms with Gasteiger partial charge in [0.25, 0.3) is 0 Å². The van der Waals surface area contributed by atoms with Gasteiger partial charge in [0.15, 0.2) is 5.13 Å². The summed E-state index contributed by atoms with van der Waals surface area (Å²) in [6.07, 6.45) is 0.713. The average Bonchev–Trinajstić information content (AvgIpc) is 3.34. The molecule has 9 nitrogen and oxygen atoms in total. The number of rotatable bonds is 7. The third-order valence-electron chi connectivity index (χ3n) is 5.16. The summed E-state index contributed by atoms with van der Waals surface area (Å²) in [6.45, 7) is 6.06. The van der Waals surface area contributed by atoms with Crippen LogP contribution in [0.3, 0.4) is 0 Å². The smallest absolute Gasteiger partial charge is 0.243 e. The predicted octanol–water partition coefficient (Wildman–Crippen LogP) is 2.41. The van der Waals surface area contributed by atoms with Crippen LogP contribution in [0.25, 0.3) is 11.0 Å². The number of aromatic nitrogens is 3. The Morgan fingerprint density at radius 1 is 1.26 bits per heavy atom. The van der Waals surface area contributed by atoms with Gasteiger partial charge >= 0.3 is 0 Å². The molecule has 1 aliphatic rings. The number of carbonyl (C=O) groups excluding carboxylic acids is 1. The van der Waals surface area contributed by atoms with Crippen molar-refractivity contribution in [1.29, 1.82) is 0 Å². The van der Waals surface area contributed by atoms with E-state index in [1.54, 1.807) is 18.2 Å². The fourth-order valence-electron chi connectivity index (χ4n) is 3.62. The number of thiazole rings is 1. The van der Waals surface area contributed by atoms with E-state index < -0.39 is 10.0 Å². The molecule has 1 aromatic carbocycles. The van der Waals surface area contributed by atoms with E-state index in [1.807, 2.05) is 23.8 Å². The number of ether oxygens (including phenoxy) is 1. The maximum Gasteiger partial charge on any atom is 0.243 e. The van der Waals surface area contributed by atoms with Crippen molar-refractivity contribution in [2.45, 2.75) is 38.1 Å². The number of carbonyl (C=O) groups is 1. The molecule has 0 aliphatic carbocycles. The van der Waals surface area contributed by atoms with Gasteiger partial charge in [-0.3, -0.25) is 4.79 Å². The van der Waals surface area contributed by atoms with E-state index in [4.69, 9.17) is 4.74 Å². The third-order valence-corrected chi connectivity index (χ3v) is 7.93. The van der Waals surface area contributed by atoms with E-state index in [0.717, 1.165) is 17.0 Å². The summed E-state index contributed by atoms with van der Waals surface area (Å²) in [5.41, 5.74) is 2.34. The summed E-state index contributed by atoms with van der Waals surface area (Å²) in [4.78, 5) is 21.4. The lowest BCUT2D eigenvalue weighted by Gasteiger charge is -2.26. The maximum atomic E-state index is 13.0. The minimum absolute atomic E-state index is 0.125. The van der Waals surface area contributed by atoms with Crippen LogP contribution in [-0.2, 0) is 32.5 Å².